The second-order valence-corrected chi connectivity index (χ2v) is 5.41. The molecule has 118 valence electrons. The summed E-state index contributed by atoms with van der Waals surface area (Å²) in [5.74, 6) is -0.811. The van der Waals surface area contributed by atoms with Crippen LogP contribution >= 0.6 is 0 Å². The molecule has 0 saturated carbocycles. The number of morpholine rings is 1. The molecule has 0 bridgehead atoms. The van der Waals surface area contributed by atoms with E-state index in [0.29, 0.717) is 18.7 Å². The predicted molar refractivity (Wildman–Crippen MR) is 79.2 cm³/mol. The number of hydrogen-bond donors (Lipinski definition) is 1. The summed E-state index contributed by atoms with van der Waals surface area (Å²) in [6.45, 7) is 8.04. The average molecular weight is 298 g/mol. The predicted octanol–water partition coefficient (Wildman–Crippen LogP) is 2.73. The van der Waals surface area contributed by atoms with Gasteiger partial charge < -0.3 is 10.1 Å². The first-order valence-corrected chi connectivity index (χ1v) is 7.68. The van der Waals surface area contributed by atoms with Crippen molar-refractivity contribution in [3.05, 3.63) is 35.4 Å². The number of likely N-dealkylation sites (N-methyl/N-ethyl adjacent to an activating group) is 1. The van der Waals surface area contributed by atoms with Crippen molar-refractivity contribution in [2.45, 2.75) is 32.4 Å². The van der Waals surface area contributed by atoms with Gasteiger partial charge in [0.15, 0.2) is 0 Å². The van der Waals surface area contributed by atoms with Gasteiger partial charge >= 0.3 is 0 Å². The van der Waals surface area contributed by atoms with E-state index in [9.17, 15) is 8.78 Å². The van der Waals surface area contributed by atoms with Gasteiger partial charge in [-0.15, -0.1) is 0 Å². The normalized spacial score (nSPS) is 21.4. The third-order valence-corrected chi connectivity index (χ3v) is 3.81. The van der Waals surface area contributed by atoms with Gasteiger partial charge in [0.05, 0.1) is 18.8 Å². The number of ether oxygens (including phenoxy) is 1. The van der Waals surface area contributed by atoms with Crippen molar-refractivity contribution in [1.29, 1.82) is 0 Å². The van der Waals surface area contributed by atoms with E-state index < -0.39 is 11.6 Å². The van der Waals surface area contributed by atoms with Gasteiger partial charge in [-0.3, -0.25) is 4.90 Å². The van der Waals surface area contributed by atoms with Crippen molar-refractivity contribution < 1.29 is 13.5 Å². The van der Waals surface area contributed by atoms with E-state index in [0.717, 1.165) is 32.1 Å². The summed E-state index contributed by atoms with van der Waals surface area (Å²) in [4.78, 5) is 2.32. The summed E-state index contributed by atoms with van der Waals surface area (Å²) in [5, 5.41) is 3.24. The number of nitrogens with one attached hydrogen (secondary N) is 1. The molecule has 1 saturated heterocycles. The van der Waals surface area contributed by atoms with Crippen LogP contribution in [-0.2, 0) is 4.74 Å². The molecule has 3 nitrogen and oxygen atoms in total. The van der Waals surface area contributed by atoms with Gasteiger partial charge in [0.1, 0.15) is 11.6 Å². The maximum atomic E-state index is 14.1. The molecule has 21 heavy (non-hydrogen) atoms. The van der Waals surface area contributed by atoms with E-state index in [2.05, 4.69) is 17.1 Å². The van der Waals surface area contributed by atoms with Crippen LogP contribution < -0.4 is 5.32 Å². The highest BCUT2D eigenvalue weighted by Crippen LogP contribution is 2.25. The molecule has 0 aromatic heterocycles. The van der Waals surface area contributed by atoms with E-state index in [-0.39, 0.29) is 12.1 Å². The zero-order valence-corrected chi connectivity index (χ0v) is 12.7. The molecule has 1 aliphatic heterocycles. The molecule has 1 heterocycles. The van der Waals surface area contributed by atoms with E-state index in [1.54, 1.807) is 0 Å². The first kappa shape index (κ1) is 16.3. The van der Waals surface area contributed by atoms with Crippen LogP contribution in [0, 0.1) is 11.6 Å². The van der Waals surface area contributed by atoms with E-state index in [1.165, 1.54) is 12.1 Å². The zero-order chi connectivity index (χ0) is 15.2. The fourth-order valence-corrected chi connectivity index (χ4v) is 2.87. The molecule has 1 aliphatic rings. The van der Waals surface area contributed by atoms with E-state index >= 15 is 0 Å². The molecule has 5 heteroatoms. The first-order chi connectivity index (χ1) is 10.2. The number of rotatable bonds is 6. The van der Waals surface area contributed by atoms with Gasteiger partial charge in [-0.2, -0.15) is 0 Å². The quantitative estimate of drug-likeness (QED) is 0.874. The molecule has 0 amide bonds. The minimum absolute atomic E-state index is 0.165. The molecule has 0 aliphatic carbocycles. The molecule has 0 spiro atoms. The molecule has 1 fully saturated rings. The molecular formula is C16H24F2N2O. The minimum Gasteiger partial charge on any atom is -0.374 e. The Morgan fingerprint density at radius 1 is 1.38 bits per heavy atom. The average Bonchev–Trinajstić information content (AvgIpc) is 2.48. The molecular weight excluding hydrogens is 274 g/mol. The lowest BCUT2D eigenvalue weighted by molar-refractivity contribution is -0.0473. The fraction of sp³-hybridized carbons (Fsp3) is 0.625. The molecule has 0 radical (unpaired) electrons. The van der Waals surface area contributed by atoms with Gasteiger partial charge in [-0.1, -0.05) is 13.8 Å². The third kappa shape index (κ3) is 4.22. The Hall–Kier alpha value is -1.04. The van der Waals surface area contributed by atoms with Crippen LogP contribution in [0.15, 0.2) is 18.2 Å². The first-order valence-electron chi connectivity index (χ1n) is 7.68. The Balaban J connectivity index is 2.19. The largest absolute Gasteiger partial charge is 0.374 e. The topological polar surface area (TPSA) is 24.5 Å². The molecule has 2 atom stereocenters. The summed E-state index contributed by atoms with van der Waals surface area (Å²) < 4.78 is 33.4. The number of halogens is 2. The Morgan fingerprint density at radius 2 is 2.19 bits per heavy atom. The van der Waals surface area contributed by atoms with Gasteiger partial charge in [-0.05, 0) is 37.7 Å². The summed E-state index contributed by atoms with van der Waals surface area (Å²) in [6.07, 6.45) is 0.911. The van der Waals surface area contributed by atoms with Gasteiger partial charge in [-0.25, -0.2) is 8.78 Å². The molecule has 1 aromatic carbocycles. The standard InChI is InChI=1S/C16H24F2N2O/c1-3-7-20-8-9-21-15(11-20)16(19-4-2)13-10-12(17)5-6-14(13)18/h5-6,10,15-16,19H,3-4,7-9,11H2,1-2H3. The second-order valence-electron chi connectivity index (χ2n) is 5.41. The van der Waals surface area contributed by atoms with Gasteiger partial charge in [0, 0.05) is 18.7 Å². The third-order valence-electron chi connectivity index (χ3n) is 3.81. The second kappa shape index (κ2) is 7.82. The summed E-state index contributed by atoms with van der Waals surface area (Å²) >= 11 is 0. The number of hydrogen-bond acceptors (Lipinski definition) is 3. The maximum Gasteiger partial charge on any atom is 0.128 e. The van der Waals surface area contributed by atoms with Crippen LogP contribution in [0.1, 0.15) is 31.9 Å². The van der Waals surface area contributed by atoms with Crippen LogP contribution in [0.3, 0.4) is 0 Å². The van der Waals surface area contributed by atoms with Crippen molar-refractivity contribution in [2.75, 3.05) is 32.8 Å². The molecule has 2 rings (SSSR count). The lowest BCUT2D eigenvalue weighted by Crippen LogP contribution is -2.48. The van der Waals surface area contributed by atoms with Crippen LogP contribution in [0.2, 0.25) is 0 Å². The van der Waals surface area contributed by atoms with Crippen molar-refractivity contribution in [3.8, 4) is 0 Å². The monoisotopic (exact) mass is 298 g/mol. The number of nitrogens with zero attached hydrogens (tertiary/aromatic N) is 1. The van der Waals surface area contributed by atoms with Crippen molar-refractivity contribution in [1.82, 2.24) is 10.2 Å². The van der Waals surface area contributed by atoms with Crippen LogP contribution in [-0.4, -0.2) is 43.8 Å². The van der Waals surface area contributed by atoms with E-state index in [1.807, 2.05) is 6.92 Å². The van der Waals surface area contributed by atoms with Crippen molar-refractivity contribution in [3.63, 3.8) is 0 Å². The SMILES string of the molecule is CCCN1CCOC(C(NCC)c2cc(F)ccc2F)C1. The Labute approximate surface area is 125 Å². The van der Waals surface area contributed by atoms with Crippen LogP contribution in [0.5, 0.6) is 0 Å². The summed E-state index contributed by atoms with van der Waals surface area (Å²) in [5.41, 5.74) is 0.347. The summed E-state index contributed by atoms with van der Waals surface area (Å²) in [6, 6.07) is 3.27. The highest BCUT2D eigenvalue weighted by atomic mass is 19.1. The van der Waals surface area contributed by atoms with Crippen LogP contribution in [0.4, 0.5) is 8.78 Å². The minimum atomic E-state index is -0.421. The Morgan fingerprint density at radius 3 is 2.90 bits per heavy atom. The van der Waals surface area contributed by atoms with Crippen molar-refractivity contribution >= 4 is 0 Å². The van der Waals surface area contributed by atoms with Gasteiger partial charge in [0.25, 0.3) is 0 Å². The highest BCUT2D eigenvalue weighted by Gasteiger charge is 2.30. The maximum absolute atomic E-state index is 14.1. The highest BCUT2D eigenvalue weighted by molar-refractivity contribution is 5.24. The Kier molecular flexibility index (Phi) is 6.08. The molecule has 1 N–H and O–H groups in total. The molecule has 2 unspecified atom stereocenters. The lowest BCUT2D eigenvalue weighted by atomic mass is 9.99. The number of benzene rings is 1. The lowest BCUT2D eigenvalue weighted by Gasteiger charge is -2.37. The molecule has 1 aromatic rings. The smallest absolute Gasteiger partial charge is 0.128 e. The summed E-state index contributed by atoms with van der Waals surface area (Å²) in [7, 11) is 0. The Bertz CT molecular complexity index is 454. The fourth-order valence-electron chi connectivity index (χ4n) is 2.87. The van der Waals surface area contributed by atoms with E-state index in [4.69, 9.17) is 4.74 Å². The van der Waals surface area contributed by atoms with Gasteiger partial charge in [0.2, 0.25) is 0 Å². The zero-order valence-electron chi connectivity index (χ0n) is 12.7. The van der Waals surface area contributed by atoms with Crippen molar-refractivity contribution in [2.24, 2.45) is 0 Å². The van der Waals surface area contributed by atoms with Crippen LogP contribution in [0.25, 0.3) is 0 Å².